The van der Waals surface area contributed by atoms with Gasteiger partial charge in [0.25, 0.3) is 0 Å². The second-order valence-electron chi connectivity index (χ2n) is 7.67. The fraction of sp³-hybridized carbons (Fsp3) is 0.217. The lowest BCUT2D eigenvalue weighted by atomic mass is 10.0. The number of H-pyrrole nitrogens is 1. The van der Waals surface area contributed by atoms with Crippen LogP contribution in [0, 0.1) is 6.92 Å². The molecule has 5 heteroatoms. The average Bonchev–Trinajstić information content (AvgIpc) is 3.46. The molecular formula is C23H21N3O2. The van der Waals surface area contributed by atoms with E-state index in [-0.39, 0.29) is 5.56 Å². The summed E-state index contributed by atoms with van der Waals surface area (Å²) in [4.78, 5) is 22.0. The van der Waals surface area contributed by atoms with Crippen molar-refractivity contribution in [1.82, 2.24) is 9.97 Å². The molecule has 140 valence electrons. The summed E-state index contributed by atoms with van der Waals surface area (Å²) in [6, 6.07) is 16.2. The number of nitrogens with zero attached hydrogens (tertiary/aromatic N) is 2. The van der Waals surface area contributed by atoms with Crippen LogP contribution in [0.4, 0.5) is 5.69 Å². The zero-order chi connectivity index (χ0) is 19.4. The SMILES string of the molecule is Cc1cc2cc(-c3nc4ccc(C(=O)O)cc4cc3N(C)C3CC3)ccc2[nH]1. The molecule has 0 bridgehead atoms. The van der Waals surface area contributed by atoms with E-state index in [9.17, 15) is 9.90 Å². The van der Waals surface area contributed by atoms with Crippen LogP contribution in [0.2, 0.25) is 0 Å². The predicted octanol–water partition coefficient (Wildman–Crippen LogP) is 4.99. The third-order valence-corrected chi connectivity index (χ3v) is 5.55. The first-order valence-electron chi connectivity index (χ1n) is 9.50. The van der Waals surface area contributed by atoms with E-state index in [1.54, 1.807) is 18.2 Å². The Morgan fingerprint density at radius 1 is 1.11 bits per heavy atom. The number of carboxylic acids is 1. The van der Waals surface area contributed by atoms with Crippen LogP contribution in [0.15, 0.2) is 48.5 Å². The van der Waals surface area contributed by atoms with Gasteiger partial charge in [0.05, 0.1) is 22.5 Å². The molecule has 0 atom stereocenters. The number of hydrogen-bond donors (Lipinski definition) is 2. The zero-order valence-electron chi connectivity index (χ0n) is 15.9. The van der Waals surface area contributed by atoms with Crippen LogP contribution in [0.5, 0.6) is 0 Å². The van der Waals surface area contributed by atoms with E-state index in [4.69, 9.17) is 4.98 Å². The maximum atomic E-state index is 11.4. The maximum absolute atomic E-state index is 11.4. The molecule has 0 aliphatic heterocycles. The number of hydrogen-bond acceptors (Lipinski definition) is 3. The van der Waals surface area contributed by atoms with E-state index in [0.29, 0.717) is 6.04 Å². The van der Waals surface area contributed by atoms with Crippen molar-refractivity contribution in [1.29, 1.82) is 0 Å². The zero-order valence-corrected chi connectivity index (χ0v) is 15.9. The highest BCUT2D eigenvalue weighted by atomic mass is 16.4. The van der Waals surface area contributed by atoms with Crippen LogP contribution < -0.4 is 4.90 Å². The third kappa shape index (κ3) is 2.80. The summed E-state index contributed by atoms with van der Waals surface area (Å²) < 4.78 is 0. The largest absolute Gasteiger partial charge is 0.478 e. The van der Waals surface area contributed by atoms with Crippen LogP contribution in [-0.2, 0) is 0 Å². The van der Waals surface area contributed by atoms with Gasteiger partial charge in [0.15, 0.2) is 0 Å². The number of anilines is 1. The first-order valence-corrected chi connectivity index (χ1v) is 9.50. The van der Waals surface area contributed by atoms with Gasteiger partial charge in [0.2, 0.25) is 0 Å². The van der Waals surface area contributed by atoms with Crippen molar-refractivity contribution in [2.45, 2.75) is 25.8 Å². The number of carbonyl (C=O) groups is 1. The van der Waals surface area contributed by atoms with E-state index < -0.39 is 5.97 Å². The Labute approximate surface area is 162 Å². The molecule has 2 N–H and O–H groups in total. The molecular weight excluding hydrogens is 350 g/mol. The fourth-order valence-corrected chi connectivity index (χ4v) is 3.86. The van der Waals surface area contributed by atoms with E-state index >= 15 is 0 Å². The van der Waals surface area contributed by atoms with Gasteiger partial charge in [-0.25, -0.2) is 9.78 Å². The van der Waals surface area contributed by atoms with E-state index in [1.807, 2.05) is 0 Å². The van der Waals surface area contributed by atoms with Crippen LogP contribution in [0.1, 0.15) is 28.9 Å². The van der Waals surface area contributed by atoms with E-state index in [2.05, 4.69) is 54.2 Å². The Balaban J connectivity index is 1.73. The molecule has 2 aromatic heterocycles. The Morgan fingerprint density at radius 2 is 1.93 bits per heavy atom. The number of aromatic nitrogens is 2. The van der Waals surface area contributed by atoms with Gasteiger partial charge < -0.3 is 15.0 Å². The normalized spacial score (nSPS) is 13.9. The van der Waals surface area contributed by atoms with Crippen molar-refractivity contribution in [3.8, 4) is 11.3 Å². The van der Waals surface area contributed by atoms with Gasteiger partial charge in [-0.3, -0.25) is 0 Å². The number of fused-ring (bicyclic) bond motifs is 2. The smallest absolute Gasteiger partial charge is 0.335 e. The Hall–Kier alpha value is -3.34. The van der Waals surface area contributed by atoms with Gasteiger partial charge in [-0.05, 0) is 62.2 Å². The van der Waals surface area contributed by atoms with Crippen molar-refractivity contribution < 1.29 is 9.90 Å². The van der Waals surface area contributed by atoms with E-state index in [1.165, 1.54) is 12.8 Å². The minimum atomic E-state index is -0.920. The molecule has 0 saturated heterocycles. The van der Waals surface area contributed by atoms with Crippen molar-refractivity contribution in [3.63, 3.8) is 0 Å². The first-order chi connectivity index (χ1) is 13.5. The number of rotatable bonds is 4. The molecule has 0 unspecified atom stereocenters. The molecule has 0 radical (unpaired) electrons. The molecule has 1 fully saturated rings. The Kier molecular flexibility index (Phi) is 3.66. The standard InChI is InChI=1S/C23H21N3O2/c1-13-9-16-10-14(3-7-19(16)24-13)22-21(26(2)18-5-6-18)12-17-11-15(23(27)28)4-8-20(17)25-22/h3-4,7-12,18,24H,5-6H2,1-2H3,(H,27,28). The number of carboxylic acid groups (broad SMARTS) is 1. The molecule has 5 nitrogen and oxygen atoms in total. The molecule has 28 heavy (non-hydrogen) atoms. The molecule has 0 spiro atoms. The number of aromatic amines is 1. The number of nitrogens with one attached hydrogen (secondary N) is 1. The summed E-state index contributed by atoms with van der Waals surface area (Å²) in [5.41, 5.74) is 6.39. The number of pyridine rings is 1. The van der Waals surface area contributed by atoms with Gasteiger partial charge in [0, 0.05) is 40.6 Å². The monoisotopic (exact) mass is 371 g/mol. The Morgan fingerprint density at radius 3 is 2.68 bits per heavy atom. The molecule has 5 rings (SSSR count). The highest BCUT2D eigenvalue weighted by Gasteiger charge is 2.28. The van der Waals surface area contributed by atoms with Crippen LogP contribution in [0.25, 0.3) is 33.1 Å². The van der Waals surface area contributed by atoms with Crippen molar-refractivity contribution >= 4 is 33.5 Å². The maximum Gasteiger partial charge on any atom is 0.335 e. The lowest BCUT2D eigenvalue weighted by Crippen LogP contribution is -2.20. The number of aromatic carboxylic acids is 1. The second kappa shape index (κ2) is 6.09. The van der Waals surface area contributed by atoms with Gasteiger partial charge in [-0.15, -0.1) is 0 Å². The predicted molar refractivity (Wildman–Crippen MR) is 112 cm³/mol. The van der Waals surface area contributed by atoms with Gasteiger partial charge >= 0.3 is 5.97 Å². The highest BCUT2D eigenvalue weighted by Crippen LogP contribution is 2.38. The fourth-order valence-electron chi connectivity index (χ4n) is 3.86. The van der Waals surface area contributed by atoms with Crippen molar-refractivity contribution in [2.24, 2.45) is 0 Å². The summed E-state index contributed by atoms with van der Waals surface area (Å²) in [5.74, 6) is -0.920. The molecule has 1 aliphatic rings. The summed E-state index contributed by atoms with van der Waals surface area (Å²) in [6.07, 6.45) is 2.36. The van der Waals surface area contributed by atoms with Gasteiger partial charge in [0.1, 0.15) is 0 Å². The average molecular weight is 371 g/mol. The van der Waals surface area contributed by atoms with Crippen molar-refractivity contribution in [2.75, 3.05) is 11.9 Å². The summed E-state index contributed by atoms with van der Waals surface area (Å²) in [6.45, 7) is 2.06. The van der Waals surface area contributed by atoms with Crippen LogP contribution in [-0.4, -0.2) is 34.1 Å². The van der Waals surface area contributed by atoms with Gasteiger partial charge in [-0.1, -0.05) is 6.07 Å². The minimum Gasteiger partial charge on any atom is -0.478 e. The van der Waals surface area contributed by atoms with Crippen molar-refractivity contribution in [3.05, 3.63) is 59.8 Å². The number of benzene rings is 2. The molecule has 0 amide bonds. The second-order valence-corrected chi connectivity index (χ2v) is 7.67. The van der Waals surface area contributed by atoms with Gasteiger partial charge in [-0.2, -0.15) is 0 Å². The minimum absolute atomic E-state index is 0.284. The van der Waals surface area contributed by atoms with E-state index in [0.717, 1.165) is 44.4 Å². The summed E-state index contributed by atoms with van der Waals surface area (Å²) >= 11 is 0. The molecule has 1 aliphatic carbocycles. The highest BCUT2D eigenvalue weighted by molar-refractivity contribution is 5.97. The van der Waals surface area contributed by atoms with Crippen LogP contribution >= 0.6 is 0 Å². The lowest BCUT2D eigenvalue weighted by Gasteiger charge is -2.22. The summed E-state index contributed by atoms with van der Waals surface area (Å²) in [5, 5.41) is 11.3. The molecule has 1 saturated carbocycles. The topological polar surface area (TPSA) is 69.2 Å². The first kappa shape index (κ1) is 16.8. The molecule has 2 aromatic carbocycles. The number of aryl methyl sites for hydroxylation is 1. The lowest BCUT2D eigenvalue weighted by molar-refractivity contribution is 0.0697. The Bertz CT molecular complexity index is 1240. The summed E-state index contributed by atoms with van der Waals surface area (Å²) in [7, 11) is 2.10. The molecule has 4 aromatic rings. The van der Waals surface area contributed by atoms with Crippen LogP contribution in [0.3, 0.4) is 0 Å². The quantitative estimate of drug-likeness (QED) is 0.530. The molecule has 2 heterocycles. The third-order valence-electron chi connectivity index (χ3n) is 5.55.